The summed E-state index contributed by atoms with van der Waals surface area (Å²) < 4.78 is 32.5. The van der Waals surface area contributed by atoms with E-state index in [0.29, 0.717) is 60.2 Å². The lowest BCUT2D eigenvalue weighted by atomic mass is 10.1. The van der Waals surface area contributed by atoms with E-state index in [1.54, 1.807) is 72.8 Å². The highest BCUT2D eigenvalue weighted by molar-refractivity contribution is 5.90. The maximum Gasteiger partial charge on any atom is 0.338 e. The van der Waals surface area contributed by atoms with Crippen LogP contribution in [-0.2, 0) is 18.9 Å². The van der Waals surface area contributed by atoms with Crippen LogP contribution >= 0.6 is 0 Å². The molecule has 206 valence electrons. The van der Waals surface area contributed by atoms with Gasteiger partial charge in [0.05, 0.1) is 37.6 Å². The van der Waals surface area contributed by atoms with Crippen molar-refractivity contribution < 1.29 is 38.0 Å². The summed E-state index contributed by atoms with van der Waals surface area (Å²) in [5.41, 5.74) is 2.27. The third kappa shape index (κ3) is 10.5. The van der Waals surface area contributed by atoms with E-state index in [1.165, 1.54) is 0 Å². The van der Waals surface area contributed by atoms with Crippen LogP contribution < -0.4 is 9.47 Å². The van der Waals surface area contributed by atoms with Crippen LogP contribution in [0, 0.1) is 24.7 Å². The van der Waals surface area contributed by atoms with Gasteiger partial charge in [-0.05, 0) is 72.8 Å². The fourth-order valence-electron chi connectivity index (χ4n) is 3.23. The van der Waals surface area contributed by atoms with Gasteiger partial charge in [0, 0.05) is 11.1 Å². The van der Waals surface area contributed by atoms with Gasteiger partial charge in [-0.2, -0.15) is 0 Å². The molecular formula is C32H30O8. The van der Waals surface area contributed by atoms with Gasteiger partial charge in [0.15, 0.2) is 0 Å². The van der Waals surface area contributed by atoms with E-state index in [4.69, 9.17) is 41.3 Å². The highest BCUT2D eigenvalue weighted by Gasteiger charge is 2.07. The minimum Gasteiger partial charge on any atom is -0.491 e. The molecule has 40 heavy (non-hydrogen) atoms. The van der Waals surface area contributed by atoms with Gasteiger partial charge in [-0.3, -0.25) is 0 Å². The number of hydrogen-bond acceptors (Lipinski definition) is 8. The normalized spacial score (nSPS) is 10.2. The highest BCUT2D eigenvalue weighted by Crippen LogP contribution is 2.17. The number of carbonyl (C=O) groups is 2. The predicted octanol–water partition coefficient (Wildman–Crippen LogP) is 4.15. The summed E-state index contributed by atoms with van der Waals surface area (Å²) >= 11 is 0. The lowest BCUT2D eigenvalue weighted by molar-refractivity contribution is 0.0266. The topological polar surface area (TPSA) is 89.5 Å². The largest absolute Gasteiger partial charge is 0.491 e. The Kier molecular flexibility index (Phi) is 12.6. The molecule has 0 aliphatic rings. The molecule has 0 aliphatic heterocycles. The molecule has 0 aromatic heterocycles. The quantitative estimate of drug-likeness (QED) is 0.152. The van der Waals surface area contributed by atoms with Crippen LogP contribution in [0.25, 0.3) is 0 Å². The molecular weight excluding hydrogens is 512 g/mol. The summed E-state index contributed by atoms with van der Waals surface area (Å²) in [5, 5.41) is 0. The Labute approximate surface area is 234 Å². The number of esters is 2. The Balaban J connectivity index is 1.17. The molecule has 3 aromatic rings. The molecule has 0 fully saturated rings. The van der Waals surface area contributed by atoms with Gasteiger partial charge in [0.1, 0.15) is 37.9 Å². The fraction of sp³-hybridized carbons (Fsp3) is 0.250. The SMILES string of the molecule is C#Cc1ccc(C(=O)OCCOCCOc2ccc(OCCOCCOC(=O)c3ccc(C#C)cc3)cc2)cc1. The summed E-state index contributed by atoms with van der Waals surface area (Å²) in [6.45, 7) is 2.17. The number of ether oxygens (including phenoxy) is 6. The first-order chi connectivity index (χ1) is 19.6. The highest BCUT2D eigenvalue weighted by atomic mass is 16.6. The molecule has 0 atom stereocenters. The molecule has 8 heteroatoms. The third-order valence-electron chi connectivity index (χ3n) is 5.31. The van der Waals surface area contributed by atoms with E-state index in [0.717, 1.165) is 0 Å². The molecule has 3 aromatic carbocycles. The molecule has 0 aliphatic carbocycles. The maximum absolute atomic E-state index is 12.0. The zero-order chi connectivity index (χ0) is 28.4. The Hall–Kier alpha value is -4.76. The van der Waals surface area contributed by atoms with Crippen LogP contribution in [0.4, 0.5) is 0 Å². The standard InChI is InChI=1S/C32H30O8/c1-3-25-5-9-27(10-6-25)31(33)39-23-19-35-17-21-37-29-13-15-30(16-14-29)38-22-18-36-20-24-40-32(34)28-11-7-26(4-2)8-12-28/h1-2,5-16H,17-24H2. The first kappa shape index (κ1) is 29.8. The van der Waals surface area contributed by atoms with Crippen molar-refractivity contribution in [2.45, 2.75) is 0 Å². The number of hydrogen-bond donors (Lipinski definition) is 0. The van der Waals surface area contributed by atoms with Crippen LogP contribution in [0.5, 0.6) is 11.5 Å². The van der Waals surface area contributed by atoms with E-state index < -0.39 is 11.9 Å². The Bertz CT molecular complexity index is 1180. The molecule has 8 nitrogen and oxygen atoms in total. The van der Waals surface area contributed by atoms with Gasteiger partial charge in [0.2, 0.25) is 0 Å². The summed E-state index contributed by atoms with van der Waals surface area (Å²) in [7, 11) is 0. The van der Waals surface area contributed by atoms with Crippen LogP contribution in [0.2, 0.25) is 0 Å². The number of terminal acetylenes is 2. The van der Waals surface area contributed by atoms with Crippen molar-refractivity contribution in [2.75, 3.05) is 52.9 Å². The average molecular weight is 543 g/mol. The summed E-state index contributed by atoms with van der Waals surface area (Å²) in [4.78, 5) is 23.9. The number of carbonyl (C=O) groups excluding carboxylic acids is 2. The van der Waals surface area contributed by atoms with E-state index >= 15 is 0 Å². The van der Waals surface area contributed by atoms with E-state index in [1.807, 2.05) is 0 Å². The van der Waals surface area contributed by atoms with Gasteiger partial charge in [-0.25, -0.2) is 9.59 Å². The molecule has 0 N–H and O–H groups in total. The first-order valence-electron chi connectivity index (χ1n) is 12.6. The van der Waals surface area contributed by atoms with Crippen molar-refractivity contribution in [1.29, 1.82) is 0 Å². The zero-order valence-electron chi connectivity index (χ0n) is 22.0. The van der Waals surface area contributed by atoms with E-state index in [2.05, 4.69) is 11.8 Å². The molecule has 0 saturated carbocycles. The third-order valence-corrected chi connectivity index (χ3v) is 5.31. The summed E-state index contributed by atoms with van der Waals surface area (Å²) in [6, 6.07) is 20.4. The van der Waals surface area contributed by atoms with Crippen molar-refractivity contribution in [1.82, 2.24) is 0 Å². The maximum atomic E-state index is 12.0. The average Bonchev–Trinajstić information content (AvgIpc) is 3.00. The number of rotatable bonds is 16. The van der Waals surface area contributed by atoms with Crippen LogP contribution in [0.15, 0.2) is 72.8 Å². The number of benzene rings is 3. The first-order valence-corrected chi connectivity index (χ1v) is 12.6. The molecule has 3 rings (SSSR count). The Morgan fingerprint density at radius 2 is 0.850 bits per heavy atom. The van der Waals surface area contributed by atoms with E-state index in [-0.39, 0.29) is 26.4 Å². The van der Waals surface area contributed by atoms with Gasteiger partial charge in [-0.1, -0.05) is 11.8 Å². The molecule has 0 bridgehead atoms. The minimum atomic E-state index is -0.429. The molecule has 0 amide bonds. The second-order valence-corrected chi connectivity index (χ2v) is 8.11. The van der Waals surface area contributed by atoms with Crippen LogP contribution in [-0.4, -0.2) is 64.8 Å². The van der Waals surface area contributed by atoms with Crippen molar-refractivity contribution in [3.8, 4) is 36.2 Å². The van der Waals surface area contributed by atoms with E-state index in [9.17, 15) is 9.59 Å². The van der Waals surface area contributed by atoms with Crippen molar-refractivity contribution in [3.63, 3.8) is 0 Å². The van der Waals surface area contributed by atoms with Crippen molar-refractivity contribution in [2.24, 2.45) is 0 Å². The second kappa shape index (κ2) is 17.0. The molecule has 0 heterocycles. The van der Waals surface area contributed by atoms with Crippen LogP contribution in [0.3, 0.4) is 0 Å². The van der Waals surface area contributed by atoms with Gasteiger partial charge in [-0.15, -0.1) is 12.8 Å². The Morgan fingerprint density at radius 1 is 0.500 bits per heavy atom. The predicted molar refractivity (Wildman–Crippen MR) is 148 cm³/mol. The minimum absolute atomic E-state index is 0.138. The lowest BCUT2D eigenvalue weighted by Gasteiger charge is -2.10. The molecule has 0 saturated heterocycles. The molecule has 0 radical (unpaired) electrons. The fourth-order valence-corrected chi connectivity index (χ4v) is 3.23. The van der Waals surface area contributed by atoms with Gasteiger partial charge >= 0.3 is 11.9 Å². The monoisotopic (exact) mass is 542 g/mol. The van der Waals surface area contributed by atoms with Crippen molar-refractivity contribution >= 4 is 11.9 Å². The summed E-state index contributed by atoms with van der Waals surface area (Å²) in [6.07, 6.45) is 10.6. The zero-order valence-corrected chi connectivity index (χ0v) is 22.0. The summed E-state index contributed by atoms with van der Waals surface area (Å²) in [5.74, 6) is 5.47. The van der Waals surface area contributed by atoms with Crippen molar-refractivity contribution in [3.05, 3.63) is 95.1 Å². The molecule has 0 unspecified atom stereocenters. The van der Waals surface area contributed by atoms with Gasteiger partial charge in [0.25, 0.3) is 0 Å². The Morgan fingerprint density at radius 3 is 1.20 bits per heavy atom. The van der Waals surface area contributed by atoms with Crippen LogP contribution in [0.1, 0.15) is 31.8 Å². The lowest BCUT2D eigenvalue weighted by Crippen LogP contribution is -2.14. The smallest absolute Gasteiger partial charge is 0.338 e. The molecule has 0 spiro atoms. The van der Waals surface area contributed by atoms with Gasteiger partial charge < -0.3 is 28.4 Å². The second-order valence-electron chi connectivity index (χ2n) is 8.11.